The molecule has 0 spiro atoms. The van der Waals surface area contributed by atoms with E-state index in [1.165, 1.54) is 4.90 Å². The molecule has 16 heavy (non-hydrogen) atoms. The van der Waals surface area contributed by atoms with Crippen molar-refractivity contribution in [3.8, 4) is 0 Å². The van der Waals surface area contributed by atoms with E-state index in [0.717, 1.165) is 0 Å². The lowest BCUT2D eigenvalue weighted by atomic mass is 9.94. The van der Waals surface area contributed by atoms with Crippen molar-refractivity contribution >= 4 is 11.8 Å². The molecule has 2 rings (SSSR count). The molecule has 86 valence electrons. The predicted octanol–water partition coefficient (Wildman–Crippen LogP) is 1.81. The Morgan fingerprint density at radius 3 is 2.75 bits per heavy atom. The van der Waals surface area contributed by atoms with Crippen LogP contribution in [0.2, 0.25) is 0 Å². The minimum Gasteiger partial charge on any atom is -0.467 e. The molecule has 0 saturated carbocycles. The summed E-state index contributed by atoms with van der Waals surface area (Å²) in [6.07, 6.45) is 1.87. The molecule has 0 bridgehead atoms. The van der Waals surface area contributed by atoms with Gasteiger partial charge in [-0.3, -0.25) is 14.5 Å². The normalized spacial score (nSPS) is 21.2. The van der Waals surface area contributed by atoms with Gasteiger partial charge in [-0.2, -0.15) is 0 Å². The zero-order chi connectivity index (χ0) is 11.7. The monoisotopic (exact) mass is 221 g/mol. The van der Waals surface area contributed by atoms with Crippen molar-refractivity contribution in [3.63, 3.8) is 0 Å². The Morgan fingerprint density at radius 1 is 1.50 bits per heavy atom. The second-order valence-electron chi connectivity index (χ2n) is 4.45. The second-order valence-corrected chi connectivity index (χ2v) is 4.45. The number of amides is 2. The first-order valence-electron chi connectivity index (χ1n) is 5.46. The second kappa shape index (κ2) is 4.12. The van der Waals surface area contributed by atoms with E-state index in [0.29, 0.717) is 12.2 Å². The summed E-state index contributed by atoms with van der Waals surface area (Å²) in [6, 6.07) is 3.52. The Labute approximate surface area is 94.2 Å². The fraction of sp³-hybridized carbons (Fsp3) is 0.500. The molecule has 1 fully saturated rings. The van der Waals surface area contributed by atoms with Crippen molar-refractivity contribution in [1.29, 1.82) is 0 Å². The van der Waals surface area contributed by atoms with Crippen LogP contribution in [0.5, 0.6) is 0 Å². The first-order valence-corrected chi connectivity index (χ1v) is 5.46. The molecule has 0 N–H and O–H groups in total. The maximum Gasteiger partial charge on any atom is 0.233 e. The topological polar surface area (TPSA) is 50.5 Å². The van der Waals surface area contributed by atoms with Crippen LogP contribution in [0.3, 0.4) is 0 Å². The predicted molar refractivity (Wildman–Crippen MR) is 57.2 cm³/mol. The Hall–Kier alpha value is -1.58. The summed E-state index contributed by atoms with van der Waals surface area (Å²) < 4.78 is 5.14. The van der Waals surface area contributed by atoms with Crippen LogP contribution < -0.4 is 0 Å². The number of furan rings is 1. The van der Waals surface area contributed by atoms with Crippen molar-refractivity contribution in [2.75, 3.05) is 0 Å². The van der Waals surface area contributed by atoms with Gasteiger partial charge in [0.2, 0.25) is 11.8 Å². The Kier molecular flexibility index (Phi) is 2.81. The highest BCUT2D eigenvalue weighted by molar-refractivity contribution is 6.03. The zero-order valence-corrected chi connectivity index (χ0v) is 9.47. The van der Waals surface area contributed by atoms with Crippen molar-refractivity contribution < 1.29 is 14.0 Å². The van der Waals surface area contributed by atoms with E-state index in [-0.39, 0.29) is 30.2 Å². The van der Waals surface area contributed by atoms with Crippen LogP contribution in [0.25, 0.3) is 0 Å². The minimum absolute atomic E-state index is 0.0728. The summed E-state index contributed by atoms with van der Waals surface area (Å²) in [7, 11) is 0. The lowest BCUT2D eigenvalue weighted by molar-refractivity contribution is -0.140. The van der Waals surface area contributed by atoms with Crippen LogP contribution in [0.15, 0.2) is 22.8 Å². The van der Waals surface area contributed by atoms with Crippen LogP contribution in [-0.4, -0.2) is 16.7 Å². The van der Waals surface area contributed by atoms with E-state index in [1.54, 1.807) is 18.4 Å². The molecule has 2 amide bonds. The Bertz CT molecular complexity index is 394. The fourth-order valence-electron chi connectivity index (χ4n) is 1.95. The van der Waals surface area contributed by atoms with E-state index < -0.39 is 0 Å². The number of likely N-dealkylation sites (tertiary alicyclic amines) is 1. The summed E-state index contributed by atoms with van der Waals surface area (Å²) in [4.78, 5) is 24.9. The van der Waals surface area contributed by atoms with E-state index in [1.807, 2.05) is 13.8 Å². The van der Waals surface area contributed by atoms with Crippen LogP contribution in [0.1, 0.15) is 26.0 Å². The average Bonchev–Trinajstić information content (AvgIpc) is 2.81. The maximum absolute atomic E-state index is 11.9. The molecule has 0 aromatic carbocycles. The minimum atomic E-state index is -0.164. The molecule has 4 nitrogen and oxygen atoms in total. The van der Waals surface area contributed by atoms with Gasteiger partial charge in [-0.25, -0.2) is 0 Å². The molecule has 0 radical (unpaired) electrons. The average molecular weight is 221 g/mol. The molecule has 1 saturated heterocycles. The first-order chi connectivity index (χ1) is 7.59. The van der Waals surface area contributed by atoms with Crippen molar-refractivity contribution in [3.05, 3.63) is 24.2 Å². The van der Waals surface area contributed by atoms with Gasteiger partial charge in [-0.05, 0) is 18.1 Å². The van der Waals surface area contributed by atoms with Crippen molar-refractivity contribution in [2.24, 2.45) is 11.8 Å². The molecule has 1 atom stereocenters. The van der Waals surface area contributed by atoms with Crippen LogP contribution in [-0.2, 0) is 16.1 Å². The van der Waals surface area contributed by atoms with E-state index in [9.17, 15) is 9.59 Å². The quantitative estimate of drug-likeness (QED) is 0.731. The largest absolute Gasteiger partial charge is 0.467 e. The van der Waals surface area contributed by atoms with Gasteiger partial charge in [0.05, 0.1) is 12.8 Å². The van der Waals surface area contributed by atoms with E-state index >= 15 is 0 Å². The number of carbonyl (C=O) groups excluding carboxylic acids is 2. The molecule has 1 aliphatic heterocycles. The Morgan fingerprint density at radius 2 is 2.25 bits per heavy atom. The third-order valence-electron chi connectivity index (χ3n) is 2.98. The molecule has 0 aliphatic carbocycles. The molecular weight excluding hydrogens is 206 g/mol. The smallest absolute Gasteiger partial charge is 0.233 e. The molecule has 1 aromatic heterocycles. The van der Waals surface area contributed by atoms with Crippen LogP contribution in [0.4, 0.5) is 0 Å². The summed E-state index contributed by atoms with van der Waals surface area (Å²) >= 11 is 0. The molecular formula is C12H15NO3. The third kappa shape index (κ3) is 1.87. The summed E-state index contributed by atoms with van der Waals surface area (Å²) in [5, 5.41) is 0. The van der Waals surface area contributed by atoms with Gasteiger partial charge in [-0.15, -0.1) is 0 Å². The lowest BCUT2D eigenvalue weighted by Gasteiger charge is -2.14. The van der Waals surface area contributed by atoms with Crippen molar-refractivity contribution in [2.45, 2.75) is 26.8 Å². The highest BCUT2D eigenvalue weighted by Gasteiger charge is 2.40. The standard InChI is InChI=1S/C12H15NO3/c1-8(2)10-6-11(14)13(12(10)15)7-9-4-3-5-16-9/h3-5,8,10H,6-7H2,1-2H3. The molecule has 1 unspecified atom stereocenters. The third-order valence-corrected chi connectivity index (χ3v) is 2.98. The molecule has 1 aromatic rings. The number of imide groups is 1. The highest BCUT2D eigenvalue weighted by atomic mass is 16.3. The highest BCUT2D eigenvalue weighted by Crippen LogP contribution is 2.27. The summed E-state index contributed by atoms with van der Waals surface area (Å²) in [5.41, 5.74) is 0. The van der Waals surface area contributed by atoms with Gasteiger partial charge >= 0.3 is 0 Å². The maximum atomic E-state index is 11.9. The van der Waals surface area contributed by atoms with Gasteiger partial charge in [-0.1, -0.05) is 13.8 Å². The number of hydrogen-bond donors (Lipinski definition) is 0. The zero-order valence-electron chi connectivity index (χ0n) is 9.47. The van der Waals surface area contributed by atoms with Gasteiger partial charge in [0, 0.05) is 12.3 Å². The molecule has 1 aliphatic rings. The lowest BCUT2D eigenvalue weighted by Crippen LogP contribution is -2.30. The van der Waals surface area contributed by atoms with Gasteiger partial charge < -0.3 is 4.42 Å². The number of carbonyl (C=O) groups is 2. The summed E-state index contributed by atoms with van der Waals surface area (Å²) in [5.74, 6) is 0.517. The van der Waals surface area contributed by atoms with Gasteiger partial charge in [0.1, 0.15) is 5.76 Å². The molecule has 2 heterocycles. The number of hydrogen-bond acceptors (Lipinski definition) is 3. The van der Waals surface area contributed by atoms with Crippen LogP contribution >= 0.6 is 0 Å². The van der Waals surface area contributed by atoms with Crippen molar-refractivity contribution in [1.82, 2.24) is 4.90 Å². The number of nitrogens with zero attached hydrogens (tertiary/aromatic N) is 1. The van der Waals surface area contributed by atoms with E-state index in [4.69, 9.17) is 4.42 Å². The fourth-order valence-corrected chi connectivity index (χ4v) is 1.95. The van der Waals surface area contributed by atoms with Gasteiger partial charge in [0.15, 0.2) is 0 Å². The summed E-state index contributed by atoms with van der Waals surface area (Å²) in [6.45, 7) is 4.19. The SMILES string of the molecule is CC(C)C1CC(=O)N(Cc2ccco2)C1=O. The molecule has 4 heteroatoms. The van der Waals surface area contributed by atoms with Crippen LogP contribution in [0, 0.1) is 11.8 Å². The Balaban J connectivity index is 2.11. The van der Waals surface area contributed by atoms with Gasteiger partial charge in [0.25, 0.3) is 0 Å². The van der Waals surface area contributed by atoms with E-state index in [2.05, 4.69) is 0 Å². The number of rotatable bonds is 3. The first kappa shape index (κ1) is 10.9.